The van der Waals surface area contributed by atoms with Gasteiger partial charge in [-0.15, -0.1) is 0 Å². The zero-order valence-corrected chi connectivity index (χ0v) is 17.9. The Bertz CT molecular complexity index is 874. The fourth-order valence-corrected chi connectivity index (χ4v) is 3.78. The van der Waals surface area contributed by atoms with Gasteiger partial charge in [-0.3, -0.25) is 0 Å². The number of rotatable bonds is 8. The molecule has 0 N–H and O–H groups in total. The lowest BCUT2D eigenvalue weighted by Crippen LogP contribution is -2.32. The summed E-state index contributed by atoms with van der Waals surface area (Å²) in [6.07, 6.45) is 3.63. The smallest absolute Gasteiger partial charge is 0.339 e. The molecule has 1 saturated heterocycles. The molecule has 8 heteroatoms. The number of pyridine rings is 1. The van der Waals surface area contributed by atoms with Gasteiger partial charge in [0.05, 0.1) is 18.8 Å². The second kappa shape index (κ2) is 10.3. The SMILES string of the molecule is CCOC(=O)c1ccc(N2CCCN(CCCOc3ccc4c(c3)OCO4)CC2)nc1. The van der Waals surface area contributed by atoms with Crippen LogP contribution in [-0.2, 0) is 4.74 Å². The van der Waals surface area contributed by atoms with Crippen LogP contribution in [0, 0.1) is 0 Å². The summed E-state index contributed by atoms with van der Waals surface area (Å²) < 4.78 is 21.6. The first kappa shape index (κ1) is 21.2. The molecule has 2 aliphatic rings. The predicted molar refractivity (Wildman–Crippen MR) is 116 cm³/mol. The van der Waals surface area contributed by atoms with Gasteiger partial charge in [0, 0.05) is 38.4 Å². The molecule has 2 aliphatic heterocycles. The number of nitrogens with zero attached hydrogens (tertiary/aromatic N) is 3. The van der Waals surface area contributed by atoms with E-state index in [0.29, 0.717) is 18.8 Å². The van der Waals surface area contributed by atoms with Crippen LogP contribution in [0.15, 0.2) is 36.5 Å². The number of benzene rings is 1. The van der Waals surface area contributed by atoms with Crippen molar-refractivity contribution < 1.29 is 23.7 Å². The van der Waals surface area contributed by atoms with Crippen molar-refractivity contribution >= 4 is 11.8 Å². The Balaban J connectivity index is 1.20. The van der Waals surface area contributed by atoms with E-state index in [2.05, 4.69) is 14.8 Å². The van der Waals surface area contributed by atoms with E-state index in [-0.39, 0.29) is 12.8 Å². The van der Waals surface area contributed by atoms with E-state index in [1.165, 1.54) is 0 Å². The molecule has 0 spiro atoms. The number of carbonyl (C=O) groups is 1. The molecule has 166 valence electrons. The number of anilines is 1. The van der Waals surface area contributed by atoms with Crippen LogP contribution in [0.2, 0.25) is 0 Å². The number of ether oxygens (including phenoxy) is 4. The van der Waals surface area contributed by atoms with Crippen molar-refractivity contribution in [3.63, 3.8) is 0 Å². The minimum atomic E-state index is -0.327. The maximum absolute atomic E-state index is 11.8. The topological polar surface area (TPSA) is 73.4 Å². The Morgan fingerprint density at radius 1 is 1.10 bits per heavy atom. The highest BCUT2D eigenvalue weighted by atomic mass is 16.7. The summed E-state index contributed by atoms with van der Waals surface area (Å²) >= 11 is 0. The van der Waals surface area contributed by atoms with Crippen molar-refractivity contribution in [3.05, 3.63) is 42.1 Å². The highest BCUT2D eigenvalue weighted by Crippen LogP contribution is 2.35. The van der Waals surface area contributed by atoms with Crippen molar-refractivity contribution in [2.45, 2.75) is 19.8 Å². The number of carbonyl (C=O) groups excluding carboxylic acids is 1. The van der Waals surface area contributed by atoms with Crippen LogP contribution < -0.4 is 19.1 Å². The quantitative estimate of drug-likeness (QED) is 0.470. The lowest BCUT2D eigenvalue weighted by atomic mass is 10.2. The summed E-state index contributed by atoms with van der Waals surface area (Å²) in [4.78, 5) is 21.0. The van der Waals surface area contributed by atoms with Gasteiger partial charge in [0.2, 0.25) is 6.79 Å². The van der Waals surface area contributed by atoms with E-state index < -0.39 is 0 Å². The molecule has 4 rings (SSSR count). The zero-order chi connectivity index (χ0) is 21.5. The van der Waals surface area contributed by atoms with Crippen LogP contribution in [-0.4, -0.2) is 68.6 Å². The lowest BCUT2D eigenvalue weighted by molar-refractivity contribution is 0.0526. The van der Waals surface area contributed by atoms with E-state index in [4.69, 9.17) is 18.9 Å². The molecule has 0 aliphatic carbocycles. The number of hydrogen-bond donors (Lipinski definition) is 0. The van der Waals surface area contributed by atoms with Crippen LogP contribution in [0.5, 0.6) is 17.2 Å². The second-order valence-corrected chi connectivity index (χ2v) is 7.52. The van der Waals surface area contributed by atoms with Crippen LogP contribution in [0.3, 0.4) is 0 Å². The summed E-state index contributed by atoms with van der Waals surface area (Å²) in [5.41, 5.74) is 0.490. The third-order valence-electron chi connectivity index (χ3n) is 5.40. The van der Waals surface area contributed by atoms with Gasteiger partial charge in [-0.1, -0.05) is 0 Å². The van der Waals surface area contributed by atoms with E-state index in [9.17, 15) is 4.79 Å². The molecular formula is C23H29N3O5. The molecule has 0 atom stereocenters. The Morgan fingerprint density at radius 2 is 2.00 bits per heavy atom. The highest BCUT2D eigenvalue weighted by Gasteiger charge is 2.17. The summed E-state index contributed by atoms with van der Waals surface area (Å²) in [6.45, 7) is 7.99. The summed E-state index contributed by atoms with van der Waals surface area (Å²) in [6, 6.07) is 9.37. The first-order valence-electron chi connectivity index (χ1n) is 10.9. The number of hydrogen-bond acceptors (Lipinski definition) is 8. The monoisotopic (exact) mass is 427 g/mol. The molecule has 0 bridgehead atoms. The molecular weight excluding hydrogens is 398 g/mol. The first-order chi connectivity index (χ1) is 15.2. The minimum Gasteiger partial charge on any atom is -0.493 e. The third-order valence-corrected chi connectivity index (χ3v) is 5.40. The molecule has 1 aromatic carbocycles. The van der Waals surface area contributed by atoms with Gasteiger partial charge in [-0.2, -0.15) is 0 Å². The molecule has 2 aromatic rings. The van der Waals surface area contributed by atoms with Crippen molar-refractivity contribution in [3.8, 4) is 17.2 Å². The number of aromatic nitrogens is 1. The molecule has 3 heterocycles. The minimum absolute atomic E-state index is 0.274. The van der Waals surface area contributed by atoms with Gasteiger partial charge in [0.15, 0.2) is 11.5 Å². The molecule has 0 unspecified atom stereocenters. The van der Waals surface area contributed by atoms with Crippen LogP contribution >= 0.6 is 0 Å². The summed E-state index contributed by atoms with van der Waals surface area (Å²) in [7, 11) is 0. The Labute approximate surface area is 182 Å². The van der Waals surface area contributed by atoms with Crippen molar-refractivity contribution in [1.82, 2.24) is 9.88 Å². The number of fused-ring (bicyclic) bond motifs is 1. The van der Waals surface area contributed by atoms with Gasteiger partial charge >= 0.3 is 5.97 Å². The Morgan fingerprint density at radius 3 is 2.84 bits per heavy atom. The highest BCUT2D eigenvalue weighted by molar-refractivity contribution is 5.89. The maximum atomic E-state index is 11.8. The van der Waals surface area contributed by atoms with Crippen molar-refractivity contribution in [2.24, 2.45) is 0 Å². The molecule has 31 heavy (non-hydrogen) atoms. The van der Waals surface area contributed by atoms with E-state index in [1.807, 2.05) is 24.3 Å². The summed E-state index contributed by atoms with van der Waals surface area (Å²) in [5.74, 6) is 2.90. The van der Waals surface area contributed by atoms with Crippen LogP contribution in [0.25, 0.3) is 0 Å². The summed E-state index contributed by atoms with van der Waals surface area (Å²) in [5, 5.41) is 0. The van der Waals surface area contributed by atoms with E-state index >= 15 is 0 Å². The van der Waals surface area contributed by atoms with Gasteiger partial charge in [0.25, 0.3) is 0 Å². The van der Waals surface area contributed by atoms with Crippen molar-refractivity contribution in [1.29, 1.82) is 0 Å². The molecule has 8 nitrogen and oxygen atoms in total. The standard InChI is InChI=1S/C23H29N3O5/c1-2-28-23(27)18-5-8-22(24-16-18)26-11-3-9-25(12-13-26)10-4-14-29-19-6-7-20-21(15-19)31-17-30-20/h5-8,15-16H,2-4,9-14,17H2,1H3. The average Bonchev–Trinajstić information content (AvgIpc) is 3.13. The van der Waals surface area contributed by atoms with Crippen LogP contribution in [0.1, 0.15) is 30.1 Å². The number of esters is 1. The predicted octanol–water partition coefficient (Wildman–Crippen LogP) is 2.97. The Kier molecular flexibility index (Phi) is 7.09. The van der Waals surface area contributed by atoms with Crippen LogP contribution in [0.4, 0.5) is 5.82 Å². The van der Waals surface area contributed by atoms with E-state index in [1.54, 1.807) is 19.2 Å². The van der Waals surface area contributed by atoms with Gasteiger partial charge < -0.3 is 28.7 Å². The second-order valence-electron chi connectivity index (χ2n) is 7.52. The average molecular weight is 428 g/mol. The molecule has 0 radical (unpaired) electrons. The fourth-order valence-electron chi connectivity index (χ4n) is 3.78. The Hall–Kier alpha value is -3.00. The zero-order valence-electron chi connectivity index (χ0n) is 17.9. The van der Waals surface area contributed by atoms with Crippen molar-refractivity contribution in [2.75, 3.05) is 57.6 Å². The normalized spacial score (nSPS) is 16.1. The first-order valence-corrected chi connectivity index (χ1v) is 10.9. The largest absolute Gasteiger partial charge is 0.493 e. The van der Waals surface area contributed by atoms with Gasteiger partial charge in [-0.05, 0) is 50.6 Å². The molecule has 1 aromatic heterocycles. The molecule has 0 amide bonds. The maximum Gasteiger partial charge on any atom is 0.339 e. The molecule has 0 saturated carbocycles. The van der Waals surface area contributed by atoms with E-state index in [0.717, 1.165) is 68.6 Å². The fraction of sp³-hybridized carbons (Fsp3) is 0.478. The van der Waals surface area contributed by atoms with Gasteiger partial charge in [-0.25, -0.2) is 9.78 Å². The third kappa shape index (κ3) is 5.58. The lowest BCUT2D eigenvalue weighted by Gasteiger charge is -2.22. The molecule has 1 fully saturated rings. The van der Waals surface area contributed by atoms with Gasteiger partial charge in [0.1, 0.15) is 11.6 Å².